The van der Waals surface area contributed by atoms with Crippen molar-refractivity contribution in [3.8, 4) is 11.3 Å². The second kappa shape index (κ2) is 6.67. The SMILES string of the molecule is C[C@H]1Cc2cc(-c3csc(Cc4cn5ccccc5n4)n3)ccc2N1S(C)(=O)=O. The molecule has 4 aromatic rings. The van der Waals surface area contributed by atoms with Crippen LogP contribution in [0, 0.1) is 0 Å². The van der Waals surface area contributed by atoms with Crippen LogP contribution in [0.25, 0.3) is 16.9 Å². The molecule has 148 valence electrons. The fourth-order valence-corrected chi connectivity index (χ4v) is 6.10. The van der Waals surface area contributed by atoms with E-state index in [-0.39, 0.29) is 6.04 Å². The van der Waals surface area contributed by atoms with Crippen LogP contribution < -0.4 is 4.31 Å². The van der Waals surface area contributed by atoms with Crippen LogP contribution in [0.2, 0.25) is 0 Å². The lowest BCUT2D eigenvalue weighted by atomic mass is 10.1. The number of fused-ring (bicyclic) bond motifs is 2. The summed E-state index contributed by atoms with van der Waals surface area (Å²) in [6.45, 7) is 1.94. The molecular weight excluding hydrogens is 404 g/mol. The van der Waals surface area contributed by atoms with Gasteiger partial charge in [0.1, 0.15) is 5.65 Å². The van der Waals surface area contributed by atoms with Gasteiger partial charge in [-0.05, 0) is 43.2 Å². The smallest absolute Gasteiger partial charge is 0.232 e. The van der Waals surface area contributed by atoms with Gasteiger partial charge in [-0.1, -0.05) is 12.1 Å². The molecule has 0 spiro atoms. The number of anilines is 1. The second-order valence-electron chi connectivity index (χ2n) is 7.46. The molecule has 5 rings (SSSR count). The van der Waals surface area contributed by atoms with Crippen molar-refractivity contribution in [2.75, 3.05) is 10.6 Å². The molecule has 1 aliphatic heterocycles. The Bertz CT molecular complexity index is 1290. The zero-order valence-corrected chi connectivity index (χ0v) is 17.7. The lowest BCUT2D eigenvalue weighted by Crippen LogP contribution is -2.34. The van der Waals surface area contributed by atoms with Gasteiger partial charge in [-0.3, -0.25) is 4.31 Å². The summed E-state index contributed by atoms with van der Waals surface area (Å²) in [4.78, 5) is 9.44. The van der Waals surface area contributed by atoms with Crippen LogP contribution in [-0.2, 0) is 22.9 Å². The highest BCUT2D eigenvalue weighted by Crippen LogP contribution is 2.37. The van der Waals surface area contributed by atoms with E-state index in [1.807, 2.05) is 54.0 Å². The number of aromatic nitrogens is 3. The molecule has 3 aromatic heterocycles. The van der Waals surface area contributed by atoms with Crippen LogP contribution in [0.15, 0.2) is 54.2 Å². The Balaban J connectivity index is 1.42. The van der Waals surface area contributed by atoms with Crippen molar-refractivity contribution in [3.63, 3.8) is 0 Å². The summed E-state index contributed by atoms with van der Waals surface area (Å²) >= 11 is 1.62. The van der Waals surface area contributed by atoms with Gasteiger partial charge in [0, 0.05) is 35.8 Å². The standard InChI is InChI=1S/C21H20N4O2S2/c1-14-9-16-10-15(6-7-19(16)25(14)29(2,26)27)18-13-28-21(23-18)11-17-12-24-8-4-3-5-20(24)22-17/h3-8,10,12-14H,9,11H2,1-2H3/t14-/m0/s1. The molecule has 0 aliphatic carbocycles. The third-order valence-electron chi connectivity index (χ3n) is 5.18. The number of benzene rings is 1. The third-order valence-corrected chi connectivity index (χ3v) is 7.30. The van der Waals surface area contributed by atoms with Gasteiger partial charge in [-0.2, -0.15) is 0 Å². The summed E-state index contributed by atoms with van der Waals surface area (Å²) in [5, 5.41) is 3.06. The van der Waals surface area contributed by atoms with Crippen LogP contribution in [0.4, 0.5) is 5.69 Å². The molecule has 29 heavy (non-hydrogen) atoms. The minimum atomic E-state index is -3.27. The van der Waals surface area contributed by atoms with Crippen LogP contribution in [-0.4, -0.2) is 35.1 Å². The number of sulfonamides is 1. The zero-order chi connectivity index (χ0) is 20.2. The van der Waals surface area contributed by atoms with Crippen LogP contribution in [0.1, 0.15) is 23.2 Å². The van der Waals surface area contributed by atoms with E-state index >= 15 is 0 Å². The maximum absolute atomic E-state index is 12.1. The summed E-state index contributed by atoms with van der Waals surface area (Å²) in [5.74, 6) is 0. The molecule has 0 saturated heterocycles. The predicted octanol–water partition coefficient (Wildman–Crippen LogP) is 3.76. The topological polar surface area (TPSA) is 67.6 Å². The first-order valence-corrected chi connectivity index (χ1v) is 12.1. The summed E-state index contributed by atoms with van der Waals surface area (Å²) in [6.07, 6.45) is 6.70. The van der Waals surface area contributed by atoms with Gasteiger partial charge in [0.2, 0.25) is 10.0 Å². The molecule has 0 bridgehead atoms. The molecule has 4 heterocycles. The molecule has 0 saturated carbocycles. The molecule has 1 aromatic carbocycles. The van der Waals surface area contributed by atoms with E-state index in [0.717, 1.165) is 38.9 Å². The number of thiazole rings is 1. The number of imidazole rings is 1. The Morgan fingerprint density at radius 1 is 1.21 bits per heavy atom. The van der Waals surface area contributed by atoms with E-state index in [0.29, 0.717) is 12.8 Å². The molecule has 0 unspecified atom stereocenters. The number of pyridine rings is 1. The summed E-state index contributed by atoms with van der Waals surface area (Å²) in [5.41, 5.74) is 5.69. The van der Waals surface area contributed by atoms with Gasteiger partial charge in [0.15, 0.2) is 0 Å². The minimum absolute atomic E-state index is 0.0590. The molecule has 0 fully saturated rings. The summed E-state index contributed by atoms with van der Waals surface area (Å²) in [7, 11) is -3.27. The maximum atomic E-state index is 12.1. The average molecular weight is 425 g/mol. The van der Waals surface area contributed by atoms with Crippen molar-refractivity contribution in [2.24, 2.45) is 0 Å². The van der Waals surface area contributed by atoms with E-state index < -0.39 is 10.0 Å². The van der Waals surface area contributed by atoms with Gasteiger partial charge in [0.25, 0.3) is 0 Å². The first kappa shape index (κ1) is 18.3. The first-order chi connectivity index (χ1) is 13.9. The van der Waals surface area contributed by atoms with E-state index in [1.54, 1.807) is 11.3 Å². The van der Waals surface area contributed by atoms with E-state index in [2.05, 4.69) is 16.4 Å². The first-order valence-electron chi connectivity index (χ1n) is 9.38. The normalized spacial score (nSPS) is 16.5. The molecular formula is C21H20N4O2S2. The highest BCUT2D eigenvalue weighted by molar-refractivity contribution is 7.92. The monoisotopic (exact) mass is 424 g/mol. The molecule has 1 aliphatic rings. The minimum Gasteiger partial charge on any atom is -0.307 e. The number of rotatable bonds is 4. The summed E-state index contributed by atoms with van der Waals surface area (Å²) in [6, 6.07) is 11.8. The van der Waals surface area contributed by atoms with Gasteiger partial charge >= 0.3 is 0 Å². The van der Waals surface area contributed by atoms with Gasteiger partial charge < -0.3 is 4.40 Å². The predicted molar refractivity (Wildman–Crippen MR) is 116 cm³/mol. The number of nitrogens with zero attached hydrogens (tertiary/aromatic N) is 4. The van der Waals surface area contributed by atoms with Crippen molar-refractivity contribution in [1.29, 1.82) is 0 Å². The van der Waals surface area contributed by atoms with Crippen LogP contribution in [0.5, 0.6) is 0 Å². The number of hydrogen-bond acceptors (Lipinski definition) is 5. The van der Waals surface area contributed by atoms with Crippen molar-refractivity contribution in [1.82, 2.24) is 14.4 Å². The molecule has 1 atom stereocenters. The molecule has 6 nitrogen and oxygen atoms in total. The quantitative estimate of drug-likeness (QED) is 0.500. The number of hydrogen-bond donors (Lipinski definition) is 0. The van der Waals surface area contributed by atoms with Gasteiger partial charge in [-0.15, -0.1) is 11.3 Å². The maximum Gasteiger partial charge on any atom is 0.232 e. The Kier molecular flexibility index (Phi) is 4.22. The summed E-state index contributed by atoms with van der Waals surface area (Å²) < 4.78 is 27.8. The molecule has 0 N–H and O–H groups in total. The fraction of sp³-hybridized carbons (Fsp3) is 0.238. The Morgan fingerprint density at radius 2 is 2.07 bits per heavy atom. The van der Waals surface area contributed by atoms with E-state index in [1.165, 1.54) is 10.6 Å². The molecule has 8 heteroatoms. The second-order valence-corrected chi connectivity index (χ2v) is 10.3. The zero-order valence-electron chi connectivity index (χ0n) is 16.1. The van der Waals surface area contributed by atoms with E-state index in [4.69, 9.17) is 4.98 Å². The van der Waals surface area contributed by atoms with Crippen LogP contribution in [0.3, 0.4) is 0 Å². The van der Waals surface area contributed by atoms with Crippen molar-refractivity contribution in [3.05, 3.63) is 70.4 Å². The Hall–Kier alpha value is -2.71. The Labute approximate surface area is 173 Å². The lowest BCUT2D eigenvalue weighted by molar-refractivity contribution is 0.590. The highest BCUT2D eigenvalue weighted by atomic mass is 32.2. The largest absolute Gasteiger partial charge is 0.307 e. The van der Waals surface area contributed by atoms with Crippen molar-refractivity contribution >= 4 is 32.7 Å². The van der Waals surface area contributed by atoms with Crippen molar-refractivity contribution < 1.29 is 8.42 Å². The van der Waals surface area contributed by atoms with Gasteiger partial charge in [0.05, 0.1) is 28.3 Å². The lowest BCUT2D eigenvalue weighted by Gasteiger charge is -2.21. The Morgan fingerprint density at radius 3 is 2.86 bits per heavy atom. The highest BCUT2D eigenvalue weighted by Gasteiger charge is 2.32. The average Bonchev–Trinajstić information content (AvgIpc) is 3.35. The van der Waals surface area contributed by atoms with Crippen molar-refractivity contribution in [2.45, 2.75) is 25.8 Å². The van der Waals surface area contributed by atoms with Gasteiger partial charge in [-0.25, -0.2) is 18.4 Å². The molecule has 0 amide bonds. The van der Waals surface area contributed by atoms with Crippen LogP contribution >= 0.6 is 11.3 Å². The van der Waals surface area contributed by atoms with E-state index in [9.17, 15) is 8.42 Å². The third kappa shape index (κ3) is 3.32. The fourth-order valence-electron chi connectivity index (χ4n) is 4.02. The molecule has 0 radical (unpaired) electrons.